The van der Waals surface area contributed by atoms with Crippen LogP contribution in [0.5, 0.6) is 11.5 Å². The van der Waals surface area contributed by atoms with E-state index in [-0.39, 0.29) is 30.6 Å². The average Bonchev–Trinajstić information content (AvgIpc) is 2.77. The molecule has 2 aromatic carbocycles. The molecule has 0 spiro atoms. The van der Waals surface area contributed by atoms with Gasteiger partial charge >= 0.3 is 0 Å². The van der Waals surface area contributed by atoms with Crippen LogP contribution in [0.25, 0.3) is 0 Å². The first-order chi connectivity index (χ1) is 15.3. The second-order valence-corrected chi connectivity index (χ2v) is 8.52. The van der Waals surface area contributed by atoms with Crippen LogP contribution in [0.4, 0.5) is 20.2 Å². The highest BCUT2D eigenvalue weighted by Gasteiger charge is 2.35. The molecule has 0 aromatic heterocycles. The molecule has 0 radical (unpaired) electrons. The van der Waals surface area contributed by atoms with Crippen molar-refractivity contribution in [2.45, 2.75) is 38.2 Å². The number of piperidine rings is 1. The normalized spacial score (nSPS) is 17.5. The van der Waals surface area contributed by atoms with Gasteiger partial charge < -0.3 is 24.8 Å². The third kappa shape index (κ3) is 4.61. The summed E-state index contributed by atoms with van der Waals surface area (Å²) in [6, 6.07) is 5.57. The number of halogens is 3. The summed E-state index contributed by atoms with van der Waals surface area (Å²) in [4.78, 5) is 13.4. The first-order valence-electron chi connectivity index (χ1n) is 10.6. The van der Waals surface area contributed by atoms with Crippen LogP contribution in [0.15, 0.2) is 24.3 Å². The summed E-state index contributed by atoms with van der Waals surface area (Å²) in [5.41, 5.74) is 0.401. The molecule has 2 aliphatic heterocycles. The van der Waals surface area contributed by atoms with Crippen molar-refractivity contribution in [1.82, 2.24) is 0 Å². The van der Waals surface area contributed by atoms with Crippen molar-refractivity contribution in [1.29, 1.82) is 0 Å². The molecule has 6 nitrogen and oxygen atoms in total. The number of carbonyl (C=O) groups is 1. The summed E-state index contributed by atoms with van der Waals surface area (Å²) in [5.74, 6) is -0.822. The van der Waals surface area contributed by atoms with Gasteiger partial charge in [0.05, 0.1) is 23.0 Å². The highest BCUT2D eigenvalue weighted by atomic mass is 35.5. The Balaban J connectivity index is 1.41. The van der Waals surface area contributed by atoms with Gasteiger partial charge in [-0.05, 0) is 38.3 Å². The van der Waals surface area contributed by atoms with Gasteiger partial charge in [0.15, 0.2) is 11.6 Å². The predicted octanol–water partition coefficient (Wildman–Crippen LogP) is 4.31. The molecular weight excluding hydrogens is 442 g/mol. The third-order valence-corrected chi connectivity index (χ3v) is 6.23. The second kappa shape index (κ2) is 9.11. The molecule has 2 heterocycles. The molecule has 1 amide bonds. The molecule has 9 heteroatoms. The fourth-order valence-electron chi connectivity index (χ4n) is 4.11. The van der Waals surface area contributed by atoms with Crippen molar-refractivity contribution in [3.05, 3.63) is 46.5 Å². The van der Waals surface area contributed by atoms with E-state index in [4.69, 9.17) is 21.1 Å². The van der Waals surface area contributed by atoms with Gasteiger partial charge in [-0.2, -0.15) is 0 Å². The van der Waals surface area contributed by atoms with E-state index in [0.29, 0.717) is 55.2 Å². The van der Waals surface area contributed by atoms with Crippen LogP contribution < -0.4 is 19.7 Å². The minimum Gasteiger partial charge on any atom is -0.491 e. The van der Waals surface area contributed by atoms with E-state index < -0.39 is 17.2 Å². The molecule has 2 N–H and O–H groups in total. The van der Waals surface area contributed by atoms with E-state index in [9.17, 15) is 18.7 Å². The molecule has 32 heavy (non-hydrogen) atoms. The first kappa shape index (κ1) is 22.6. The Morgan fingerprint density at radius 1 is 1.12 bits per heavy atom. The lowest BCUT2D eigenvalue weighted by atomic mass is 9.92. The highest BCUT2D eigenvalue weighted by Crippen LogP contribution is 2.38. The number of anilines is 2. The van der Waals surface area contributed by atoms with E-state index in [0.717, 1.165) is 17.7 Å². The van der Waals surface area contributed by atoms with Crippen molar-refractivity contribution < 1.29 is 28.2 Å². The van der Waals surface area contributed by atoms with Crippen LogP contribution in [0.3, 0.4) is 0 Å². The molecule has 4 rings (SSSR count). The number of fused-ring (bicyclic) bond motifs is 1. The number of carbonyl (C=O) groups excluding carboxylic acids is 1. The summed E-state index contributed by atoms with van der Waals surface area (Å²) in [7, 11) is 0. The number of amides is 1. The fraction of sp³-hybridized carbons (Fsp3) is 0.435. The van der Waals surface area contributed by atoms with Crippen LogP contribution in [-0.4, -0.2) is 42.9 Å². The molecule has 172 valence electrons. The van der Waals surface area contributed by atoms with Crippen LogP contribution in [0.1, 0.15) is 31.7 Å². The maximum atomic E-state index is 14.5. The molecule has 2 aliphatic rings. The molecule has 0 saturated carbocycles. The molecular formula is C23H25ClF2N2O4. The first-order valence-corrected chi connectivity index (χ1v) is 11.0. The summed E-state index contributed by atoms with van der Waals surface area (Å²) in [6.45, 7) is 2.69. The van der Waals surface area contributed by atoms with Gasteiger partial charge in [0, 0.05) is 37.2 Å². The van der Waals surface area contributed by atoms with Crippen LogP contribution in [0.2, 0.25) is 5.02 Å². The Morgan fingerprint density at radius 3 is 2.59 bits per heavy atom. The van der Waals surface area contributed by atoms with Gasteiger partial charge in [0.1, 0.15) is 23.8 Å². The zero-order chi connectivity index (χ0) is 22.9. The number of aliphatic hydroxyl groups is 1. The number of hydrogen-bond donors (Lipinski definition) is 2. The van der Waals surface area contributed by atoms with Crippen LogP contribution >= 0.6 is 11.6 Å². The monoisotopic (exact) mass is 466 g/mol. The number of rotatable bonds is 6. The Morgan fingerprint density at radius 2 is 1.88 bits per heavy atom. The minimum atomic E-state index is -1.11. The molecule has 0 atom stereocenters. The van der Waals surface area contributed by atoms with Gasteiger partial charge in [-0.3, -0.25) is 4.79 Å². The van der Waals surface area contributed by atoms with Crippen molar-refractivity contribution >= 4 is 28.9 Å². The zero-order valence-corrected chi connectivity index (χ0v) is 18.5. The van der Waals surface area contributed by atoms with Crippen LogP contribution in [0, 0.1) is 11.6 Å². The van der Waals surface area contributed by atoms with Gasteiger partial charge in [0.2, 0.25) is 5.91 Å². The van der Waals surface area contributed by atoms with Gasteiger partial charge in [-0.25, -0.2) is 8.78 Å². The number of hydrogen-bond acceptors (Lipinski definition) is 5. The topological polar surface area (TPSA) is 71.0 Å². The van der Waals surface area contributed by atoms with Gasteiger partial charge in [-0.1, -0.05) is 11.6 Å². The van der Waals surface area contributed by atoms with E-state index in [2.05, 4.69) is 5.32 Å². The molecule has 2 aromatic rings. The lowest BCUT2D eigenvalue weighted by molar-refractivity contribution is -0.116. The number of nitrogens with one attached hydrogen (secondary N) is 1. The van der Waals surface area contributed by atoms with E-state index in [1.54, 1.807) is 24.0 Å². The number of nitrogens with zero attached hydrogens (tertiary/aromatic N) is 1. The molecule has 0 unspecified atom stereocenters. The zero-order valence-electron chi connectivity index (χ0n) is 17.7. The van der Waals surface area contributed by atoms with Crippen molar-refractivity contribution in [3.8, 4) is 11.5 Å². The maximum Gasteiger partial charge on any atom is 0.224 e. The standard InChI is InChI=1S/C23H25ClF2N2O4/c1-2-31-20-12-16(25)18(11-17(20)26)28-9-7-23(30,8-10-28)13-32-19-5-4-15(24)22-14(19)3-6-21(29)27-22/h4-5,11-12,30H,2-3,6-10,13H2,1H3,(H,27,29). The maximum absolute atomic E-state index is 14.5. The Labute approximate surface area is 190 Å². The minimum absolute atomic E-state index is 0.0446. The summed E-state index contributed by atoms with van der Waals surface area (Å²) < 4.78 is 39.7. The second-order valence-electron chi connectivity index (χ2n) is 8.11. The highest BCUT2D eigenvalue weighted by molar-refractivity contribution is 6.34. The van der Waals surface area contributed by atoms with Gasteiger partial charge in [0.25, 0.3) is 0 Å². The summed E-state index contributed by atoms with van der Waals surface area (Å²) in [6.07, 6.45) is 1.50. The fourth-order valence-corrected chi connectivity index (χ4v) is 4.33. The Bertz CT molecular complexity index is 1030. The largest absolute Gasteiger partial charge is 0.491 e. The Hall–Kier alpha value is -2.58. The molecule has 0 bridgehead atoms. The molecule has 0 aliphatic carbocycles. The van der Waals surface area contributed by atoms with E-state index in [1.165, 1.54) is 0 Å². The van der Waals surface area contributed by atoms with Crippen LogP contribution in [-0.2, 0) is 11.2 Å². The SMILES string of the molecule is CCOc1cc(F)c(N2CCC(O)(COc3ccc(Cl)c4c3CCC(=O)N4)CC2)cc1F. The average molecular weight is 467 g/mol. The van der Waals surface area contributed by atoms with Crippen molar-refractivity contribution in [2.75, 3.05) is 36.5 Å². The number of ether oxygens (including phenoxy) is 2. The summed E-state index contributed by atoms with van der Waals surface area (Å²) in [5, 5.41) is 14.2. The number of benzene rings is 2. The van der Waals surface area contributed by atoms with Crippen molar-refractivity contribution in [2.24, 2.45) is 0 Å². The smallest absolute Gasteiger partial charge is 0.224 e. The lowest BCUT2D eigenvalue weighted by Crippen LogP contribution is -2.48. The molecule has 1 saturated heterocycles. The quantitative estimate of drug-likeness (QED) is 0.663. The Kier molecular flexibility index (Phi) is 6.44. The third-order valence-electron chi connectivity index (χ3n) is 5.92. The van der Waals surface area contributed by atoms with E-state index in [1.807, 2.05) is 0 Å². The predicted molar refractivity (Wildman–Crippen MR) is 118 cm³/mol. The van der Waals surface area contributed by atoms with E-state index >= 15 is 0 Å². The lowest BCUT2D eigenvalue weighted by Gasteiger charge is -2.39. The summed E-state index contributed by atoms with van der Waals surface area (Å²) >= 11 is 6.19. The van der Waals surface area contributed by atoms with Gasteiger partial charge in [-0.15, -0.1) is 0 Å². The molecule has 1 fully saturated rings. The van der Waals surface area contributed by atoms with Crippen molar-refractivity contribution in [3.63, 3.8) is 0 Å².